The van der Waals surface area contributed by atoms with Gasteiger partial charge in [-0.3, -0.25) is 0 Å². The Kier molecular flexibility index (Phi) is 5.57. The molecule has 1 N–H and O–H groups in total. The molecule has 0 saturated heterocycles. The van der Waals surface area contributed by atoms with Crippen LogP contribution >= 0.6 is 11.3 Å². The quantitative estimate of drug-likeness (QED) is 0.853. The van der Waals surface area contributed by atoms with Gasteiger partial charge in [0.1, 0.15) is 10.0 Å². The molecule has 1 unspecified atom stereocenters. The smallest absolute Gasteiger partial charge is 0.134 e. The van der Waals surface area contributed by atoms with Gasteiger partial charge in [0.05, 0.1) is 6.04 Å². The highest BCUT2D eigenvalue weighted by Crippen LogP contribution is 2.28. The van der Waals surface area contributed by atoms with Crippen LogP contribution < -0.4 is 5.32 Å². The van der Waals surface area contributed by atoms with Gasteiger partial charge in [-0.2, -0.15) is 0 Å². The number of hydrogen-bond donors (Lipinski definition) is 1. The molecule has 1 heterocycles. The third-order valence-electron chi connectivity index (χ3n) is 4.03. The fourth-order valence-electron chi connectivity index (χ4n) is 2.81. The van der Waals surface area contributed by atoms with Gasteiger partial charge in [-0.25, -0.2) is 0 Å². The van der Waals surface area contributed by atoms with Crippen LogP contribution in [0.5, 0.6) is 0 Å². The zero-order chi connectivity index (χ0) is 12.8. The van der Waals surface area contributed by atoms with E-state index in [0.717, 1.165) is 23.8 Å². The predicted octanol–water partition coefficient (Wildman–Crippen LogP) is 3.72. The Morgan fingerprint density at radius 3 is 2.72 bits per heavy atom. The van der Waals surface area contributed by atoms with Gasteiger partial charge in [0.25, 0.3) is 0 Å². The first-order valence-corrected chi connectivity index (χ1v) is 8.14. The monoisotopic (exact) mass is 267 g/mol. The summed E-state index contributed by atoms with van der Waals surface area (Å²) in [6, 6.07) is 0.380. The summed E-state index contributed by atoms with van der Waals surface area (Å²) in [6.07, 6.45) is 10.7. The van der Waals surface area contributed by atoms with Crippen LogP contribution in [0.25, 0.3) is 0 Å². The van der Waals surface area contributed by atoms with E-state index in [9.17, 15) is 0 Å². The van der Waals surface area contributed by atoms with Crippen LogP contribution in [0.15, 0.2) is 0 Å². The number of aromatic nitrogens is 2. The van der Waals surface area contributed by atoms with Crippen molar-refractivity contribution in [2.75, 3.05) is 7.05 Å². The molecule has 0 aromatic carbocycles. The van der Waals surface area contributed by atoms with E-state index < -0.39 is 0 Å². The Labute approximate surface area is 114 Å². The molecule has 1 atom stereocenters. The fraction of sp³-hybridized carbons (Fsp3) is 0.857. The van der Waals surface area contributed by atoms with Crippen molar-refractivity contribution < 1.29 is 0 Å². The molecule has 0 bridgehead atoms. The second kappa shape index (κ2) is 7.19. The molecule has 1 saturated carbocycles. The van der Waals surface area contributed by atoms with Crippen LogP contribution in [0.2, 0.25) is 0 Å². The van der Waals surface area contributed by atoms with E-state index in [0.29, 0.717) is 6.04 Å². The predicted molar refractivity (Wildman–Crippen MR) is 76.9 cm³/mol. The molecule has 1 aromatic rings. The lowest BCUT2D eigenvalue weighted by molar-refractivity contribution is 0.339. The summed E-state index contributed by atoms with van der Waals surface area (Å²) in [5.41, 5.74) is 0. The molecule has 1 aliphatic carbocycles. The molecule has 1 fully saturated rings. The number of hydrogen-bond acceptors (Lipinski definition) is 4. The molecular weight excluding hydrogens is 242 g/mol. The number of aryl methyl sites for hydroxylation is 1. The van der Waals surface area contributed by atoms with Gasteiger partial charge in [0, 0.05) is 6.42 Å². The molecule has 4 heteroatoms. The molecule has 0 radical (unpaired) electrons. The Bertz CT molecular complexity index is 341. The Morgan fingerprint density at radius 2 is 2.06 bits per heavy atom. The van der Waals surface area contributed by atoms with E-state index in [1.807, 2.05) is 7.05 Å². The first-order chi connectivity index (χ1) is 8.83. The van der Waals surface area contributed by atoms with E-state index in [2.05, 4.69) is 22.4 Å². The minimum Gasteiger partial charge on any atom is -0.311 e. The summed E-state index contributed by atoms with van der Waals surface area (Å²) < 4.78 is 0. The summed E-state index contributed by atoms with van der Waals surface area (Å²) in [4.78, 5) is 0. The lowest BCUT2D eigenvalue weighted by Crippen LogP contribution is -2.14. The standard InChI is InChI=1S/C14H25N3S/c1-3-12(15-2)14-17-16-13(18-14)10-9-11-7-5-4-6-8-11/h11-12,15H,3-10H2,1-2H3. The molecule has 3 nitrogen and oxygen atoms in total. The van der Waals surface area contributed by atoms with Crippen molar-refractivity contribution in [3.63, 3.8) is 0 Å². The average Bonchev–Trinajstić information content (AvgIpc) is 2.88. The molecule has 0 aliphatic heterocycles. The van der Waals surface area contributed by atoms with Gasteiger partial charge in [-0.05, 0) is 25.8 Å². The van der Waals surface area contributed by atoms with Crippen molar-refractivity contribution in [1.82, 2.24) is 15.5 Å². The van der Waals surface area contributed by atoms with Crippen molar-refractivity contribution in [3.8, 4) is 0 Å². The van der Waals surface area contributed by atoms with Gasteiger partial charge in [-0.15, -0.1) is 10.2 Å². The highest BCUT2D eigenvalue weighted by Gasteiger charge is 2.16. The number of rotatable bonds is 6. The first kappa shape index (κ1) is 13.9. The SMILES string of the molecule is CCC(NC)c1nnc(CCC2CCCCC2)s1. The van der Waals surface area contributed by atoms with Crippen molar-refractivity contribution >= 4 is 11.3 Å². The third-order valence-corrected chi connectivity index (χ3v) is 5.13. The second-order valence-electron chi connectivity index (χ2n) is 5.33. The zero-order valence-electron chi connectivity index (χ0n) is 11.6. The summed E-state index contributed by atoms with van der Waals surface area (Å²) in [6.45, 7) is 2.18. The number of nitrogens with one attached hydrogen (secondary N) is 1. The van der Waals surface area contributed by atoms with Gasteiger partial charge in [0.15, 0.2) is 0 Å². The first-order valence-electron chi connectivity index (χ1n) is 7.33. The molecule has 0 amide bonds. The molecule has 18 heavy (non-hydrogen) atoms. The maximum atomic E-state index is 4.35. The van der Waals surface area contributed by atoms with Crippen LogP contribution in [0.1, 0.15) is 67.9 Å². The highest BCUT2D eigenvalue weighted by atomic mass is 32.1. The normalized spacial score (nSPS) is 19.0. The molecule has 2 rings (SSSR count). The maximum Gasteiger partial charge on any atom is 0.134 e. The van der Waals surface area contributed by atoms with Crippen molar-refractivity contribution in [3.05, 3.63) is 10.0 Å². The molecule has 1 aliphatic rings. The van der Waals surface area contributed by atoms with Crippen molar-refractivity contribution in [1.29, 1.82) is 0 Å². The maximum absolute atomic E-state index is 4.35. The molecule has 102 valence electrons. The van der Waals surface area contributed by atoms with Crippen LogP contribution in [0.4, 0.5) is 0 Å². The average molecular weight is 267 g/mol. The Hall–Kier alpha value is -0.480. The zero-order valence-corrected chi connectivity index (χ0v) is 12.4. The van der Waals surface area contributed by atoms with Gasteiger partial charge in [-0.1, -0.05) is 50.4 Å². The van der Waals surface area contributed by atoms with Gasteiger partial charge < -0.3 is 5.32 Å². The molecular formula is C14H25N3S. The Morgan fingerprint density at radius 1 is 1.28 bits per heavy atom. The molecule has 1 aromatic heterocycles. The van der Waals surface area contributed by atoms with E-state index in [1.165, 1.54) is 43.5 Å². The lowest BCUT2D eigenvalue weighted by atomic mass is 9.86. The van der Waals surface area contributed by atoms with Crippen LogP contribution in [0, 0.1) is 5.92 Å². The van der Waals surface area contributed by atoms with Crippen LogP contribution in [-0.2, 0) is 6.42 Å². The van der Waals surface area contributed by atoms with Crippen molar-refractivity contribution in [2.24, 2.45) is 5.92 Å². The highest BCUT2D eigenvalue weighted by molar-refractivity contribution is 7.11. The third kappa shape index (κ3) is 3.75. The summed E-state index contributed by atoms with van der Waals surface area (Å²) in [5.74, 6) is 0.942. The summed E-state index contributed by atoms with van der Waals surface area (Å²) >= 11 is 1.79. The van der Waals surface area contributed by atoms with Gasteiger partial charge >= 0.3 is 0 Å². The topological polar surface area (TPSA) is 37.8 Å². The van der Waals surface area contributed by atoms with Gasteiger partial charge in [0.2, 0.25) is 0 Å². The lowest BCUT2D eigenvalue weighted by Gasteiger charge is -2.20. The number of nitrogens with zero attached hydrogens (tertiary/aromatic N) is 2. The largest absolute Gasteiger partial charge is 0.311 e. The summed E-state index contributed by atoms with van der Waals surface area (Å²) in [7, 11) is 2.00. The minimum absolute atomic E-state index is 0.380. The van der Waals surface area contributed by atoms with Crippen molar-refractivity contribution in [2.45, 2.75) is 64.3 Å². The van der Waals surface area contributed by atoms with E-state index >= 15 is 0 Å². The van der Waals surface area contributed by atoms with E-state index in [4.69, 9.17) is 0 Å². The Balaban J connectivity index is 1.82. The van der Waals surface area contributed by atoms with Crippen LogP contribution in [-0.4, -0.2) is 17.2 Å². The fourth-order valence-corrected chi connectivity index (χ4v) is 3.87. The second-order valence-corrected chi connectivity index (χ2v) is 6.42. The molecule has 0 spiro atoms. The summed E-state index contributed by atoms with van der Waals surface area (Å²) in [5, 5.41) is 14.3. The van der Waals surface area contributed by atoms with Crippen LogP contribution in [0.3, 0.4) is 0 Å². The van der Waals surface area contributed by atoms with E-state index in [-0.39, 0.29) is 0 Å². The van der Waals surface area contributed by atoms with E-state index in [1.54, 1.807) is 11.3 Å². The minimum atomic E-state index is 0.380.